The van der Waals surface area contributed by atoms with Crippen molar-refractivity contribution in [1.82, 2.24) is 34.3 Å². The lowest BCUT2D eigenvalue weighted by Crippen LogP contribution is -2.09. The fourth-order valence-electron chi connectivity index (χ4n) is 3.37. The van der Waals surface area contributed by atoms with E-state index in [1.807, 2.05) is 42.9 Å². The molecule has 0 saturated carbocycles. The molecule has 0 spiro atoms. The quantitative estimate of drug-likeness (QED) is 0.484. The van der Waals surface area contributed by atoms with E-state index in [4.69, 9.17) is 4.98 Å². The van der Waals surface area contributed by atoms with Crippen LogP contribution in [0.5, 0.6) is 0 Å². The molecule has 0 aliphatic heterocycles. The SMILES string of the molecule is C[C@@H](c1cc2cccnc2cc1F)n1cnc2ncc(-c3cnn(C)c3)nc21. The molecule has 138 valence electrons. The van der Waals surface area contributed by atoms with Gasteiger partial charge in [0.2, 0.25) is 0 Å². The number of aryl methyl sites for hydroxylation is 1. The van der Waals surface area contributed by atoms with Crippen molar-refractivity contribution in [3.8, 4) is 11.3 Å². The molecule has 5 aromatic rings. The number of fused-ring (bicyclic) bond motifs is 2. The number of benzene rings is 1. The maximum absolute atomic E-state index is 14.8. The third-order valence-electron chi connectivity index (χ3n) is 4.87. The Kier molecular flexibility index (Phi) is 3.65. The molecule has 5 rings (SSSR count). The first-order chi connectivity index (χ1) is 13.6. The van der Waals surface area contributed by atoms with Crippen LogP contribution in [0.2, 0.25) is 0 Å². The van der Waals surface area contributed by atoms with Gasteiger partial charge in [0.1, 0.15) is 5.82 Å². The molecule has 0 aliphatic carbocycles. The highest BCUT2D eigenvalue weighted by molar-refractivity contribution is 5.79. The molecular weight excluding hydrogens is 357 g/mol. The van der Waals surface area contributed by atoms with Gasteiger partial charge in [-0.15, -0.1) is 0 Å². The molecule has 0 radical (unpaired) electrons. The number of rotatable bonds is 3. The lowest BCUT2D eigenvalue weighted by atomic mass is 10.0. The van der Waals surface area contributed by atoms with E-state index in [1.54, 1.807) is 29.6 Å². The third-order valence-corrected chi connectivity index (χ3v) is 4.87. The summed E-state index contributed by atoms with van der Waals surface area (Å²) in [5, 5.41) is 5.06. The summed E-state index contributed by atoms with van der Waals surface area (Å²) in [4.78, 5) is 17.7. The van der Waals surface area contributed by atoms with Crippen molar-refractivity contribution in [2.45, 2.75) is 13.0 Å². The maximum Gasteiger partial charge on any atom is 0.197 e. The average molecular weight is 373 g/mol. The van der Waals surface area contributed by atoms with Gasteiger partial charge in [-0.05, 0) is 19.1 Å². The van der Waals surface area contributed by atoms with Gasteiger partial charge in [-0.3, -0.25) is 9.67 Å². The second-order valence-corrected chi connectivity index (χ2v) is 6.70. The number of hydrogen-bond acceptors (Lipinski definition) is 5. The standard InChI is InChI=1S/C20H16FN7/c1-12(15-6-13-4-3-5-22-17(13)7-16(15)21)28-11-24-19-20(28)26-18(9-23-19)14-8-25-27(2)10-14/h3-12H,1-2H3/t12-/m0/s1. The van der Waals surface area contributed by atoms with E-state index in [0.29, 0.717) is 28.1 Å². The predicted molar refractivity (Wildman–Crippen MR) is 103 cm³/mol. The van der Waals surface area contributed by atoms with E-state index in [9.17, 15) is 4.39 Å². The van der Waals surface area contributed by atoms with Crippen LogP contribution in [-0.2, 0) is 7.05 Å². The summed E-state index contributed by atoms with van der Waals surface area (Å²) in [6.07, 6.45) is 8.58. The Labute approximate surface area is 159 Å². The molecule has 1 atom stereocenters. The third kappa shape index (κ3) is 2.61. The molecule has 7 nitrogen and oxygen atoms in total. The smallest absolute Gasteiger partial charge is 0.197 e. The van der Waals surface area contributed by atoms with Crippen molar-refractivity contribution in [1.29, 1.82) is 0 Å². The van der Waals surface area contributed by atoms with Crippen molar-refractivity contribution in [3.63, 3.8) is 0 Å². The molecule has 0 amide bonds. The number of pyridine rings is 1. The Morgan fingerprint density at radius 1 is 1.11 bits per heavy atom. The number of aromatic nitrogens is 7. The van der Waals surface area contributed by atoms with E-state index in [0.717, 1.165) is 10.9 Å². The zero-order chi connectivity index (χ0) is 19.3. The largest absolute Gasteiger partial charge is 0.306 e. The average Bonchev–Trinajstić information content (AvgIpc) is 3.32. The Morgan fingerprint density at radius 2 is 2.00 bits per heavy atom. The number of imidazole rings is 1. The lowest BCUT2D eigenvalue weighted by molar-refractivity contribution is 0.564. The second kappa shape index (κ2) is 6.19. The summed E-state index contributed by atoms with van der Waals surface area (Å²) < 4.78 is 18.3. The van der Waals surface area contributed by atoms with E-state index >= 15 is 0 Å². The van der Waals surface area contributed by atoms with Crippen LogP contribution in [0.1, 0.15) is 18.5 Å². The summed E-state index contributed by atoms with van der Waals surface area (Å²) in [6, 6.07) is 6.74. The first kappa shape index (κ1) is 16.5. The molecule has 8 heteroatoms. The lowest BCUT2D eigenvalue weighted by Gasteiger charge is -2.16. The minimum absolute atomic E-state index is 0.308. The molecule has 0 saturated heterocycles. The monoisotopic (exact) mass is 373 g/mol. The van der Waals surface area contributed by atoms with Crippen LogP contribution in [0.15, 0.2) is 55.4 Å². The van der Waals surface area contributed by atoms with Gasteiger partial charge in [0.25, 0.3) is 0 Å². The molecule has 4 aromatic heterocycles. The Balaban J connectivity index is 1.63. The van der Waals surface area contributed by atoms with Crippen molar-refractivity contribution >= 4 is 22.2 Å². The minimum Gasteiger partial charge on any atom is -0.306 e. The molecular formula is C20H16FN7. The highest BCUT2D eigenvalue weighted by atomic mass is 19.1. The summed E-state index contributed by atoms with van der Waals surface area (Å²) in [6.45, 7) is 1.92. The Hall–Kier alpha value is -3.68. The van der Waals surface area contributed by atoms with E-state index in [-0.39, 0.29) is 11.9 Å². The van der Waals surface area contributed by atoms with Crippen molar-refractivity contribution in [3.05, 3.63) is 66.8 Å². The zero-order valence-electron chi connectivity index (χ0n) is 15.3. The molecule has 0 aliphatic rings. The van der Waals surface area contributed by atoms with Gasteiger partial charge in [0.15, 0.2) is 11.3 Å². The van der Waals surface area contributed by atoms with Gasteiger partial charge in [-0.2, -0.15) is 5.10 Å². The van der Waals surface area contributed by atoms with E-state index in [1.165, 1.54) is 6.07 Å². The van der Waals surface area contributed by atoms with Crippen molar-refractivity contribution < 1.29 is 4.39 Å². The summed E-state index contributed by atoms with van der Waals surface area (Å²) in [7, 11) is 1.85. The van der Waals surface area contributed by atoms with Gasteiger partial charge in [0.05, 0.1) is 36.0 Å². The van der Waals surface area contributed by atoms with Gasteiger partial charge in [0, 0.05) is 42.0 Å². The molecule has 0 bridgehead atoms. The first-order valence-electron chi connectivity index (χ1n) is 8.83. The molecule has 1 aromatic carbocycles. The van der Waals surface area contributed by atoms with Gasteiger partial charge in [-0.25, -0.2) is 19.3 Å². The summed E-state index contributed by atoms with van der Waals surface area (Å²) >= 11 is 0. The summed E-state index contributed by atoms with van der Waals surface area (Å²) in [5.74, 6) is -0.308. The second-order valence-electron chi connectivity index (χ2n) is 6.70. The van der Waals surface area contributed by atoms with Gasteiger partial charge < -0.3 is 4.57 Å². The minimum atomic E-state index is -0.312. The number of nitrogens with zero attached hydrogens (tertiary/aromatic N) is 7. The Bertz CT molecular complexity index is 1320. The maximum atomic E-state index is 14.8. The molecule has 28 heavy (non-hydrogen) atoms. The molecule has 0 N–H and O–H groups in total. The van der Waals surface area contributed by atoms with Crippen LogP contribution in [0, 0.1) is 5.82 Å². The van der Waals surface area contributed by atoms with Crippen molar-refractivity contribution in [2.24, 2.45) is 7.05 Å². The van der Waals surface area contributed by atoms with Crippen LogP contribution < -0.4 is 0 Å². The van der Waals surface area contributed by atoms with Crippen LogP contribution in [-0.4, -0.2) is 34.3 Å². The molecule has 0 unspecified atom stereocenters. The first-order valence-corrected chi connectivity index (χ1v) is 8.83. The molecule has 0 fully saturated rings. The fraction of sp³-hybridized carbons (Fsp3) is 0.150. The van der Waals surface area contributed by atoms with E-state index < -0.39 is 0 Å². The number of halogens is 1. The topological polar surface area (TPSA) is 74.3 Å². The Morgan fingerprint density at radius 3 is 2.82 bits per heavy atom. The summed E-state index contributed by atoms with van der Waals surface area (Å²) in [5.41, 5.74) is 3.85. The fourth-order valence-corrected chi connectivity index (χ4v) is 3.37. The highest BCUT2D eigenvalue weighted by Crippen LogP contribution is 2.28. The zero-order valence-corrected chi connectivity index (χ0v) is 15.3. The molecule has 4 heterocycles. The van der Waals surface area contributed by atoms with Gasteiger partial charge in [-0.1, -0.05) is 6.07 Å². The van der Waals surface area contributed by atoms with Crippen LogP contribution in [0.4, 0.5) is 4.39 Å². The number of hydrogen-bond donors (Lipinski definition) is 0. The van der Waals surface area contributed by atoms with Crippen LogP contribution >= 0.6 is 0 Å². The van der Waals surface area contributed by atoms with Crippen LogP contribution in [0.25, 0.3) is 33.5 Å². The van der Waals surface area contributed by atoms with Crippen molar-refractivity contribution in [2.75, 3.05) is 0 Å². The van der Waals surface area contributed by atoms with E-state index in [2.05, 4.69) is 20.1 Å². The van der Waals surface area contributed by atoms with Crippen LogP contribution in [0.3, 0.4) is 0 Å². The predicted octanol–water partition coefficient (Wildman–Crippen LogP) is 3.52. The normalized spacial score (nSPS) is 12.7. The highest BCUT2D eigenvalue weighted by Gasteiger charge is 2.18. The van der Waals surface area contributed by atoms with Gasteiger partial charge >= 0.3 is 0 Å².